The van der Waals surface area contributed by atoms with Crippen LogP contribution in [0.3, 0.4) is 0 Å². The number of alkyl halides is 15. The first-order valence-electron chi connectivity index (χ1n) is 8.22. The summed E-state index contributed by atoms with van der Waals surface area (Å²) in [6, 6.07) is 0. The lowest BCUT2D eigenvalue weighted by Crippen LogP contribution is -3.00. The van der Waals surface area contributed by atoms with Crippen LogP contribution in [0.1, 0.15) is 13.3 Å². The number of halogens is 18. The van der Waals surface area contributed by atoms with Crippen molar-refractivity contribution in [3.63, 3.8) is 0 Å². The van der Waals surface area contributed by atoms with Gasteiger partial charge in [0.25, 0.3) is 0 Å². The molecule has 0 heterocycles. The number of hydrogen-bond acceptors (Lipinski definition) is 1. The summed E-state index contributed by atoms with van der Waals surface area (Å²) < 4.78 is 212. The highest BCUT2D eigenvalue weighted by molar-refractivity contribution is 5.83. The number of quaternary nitrogens is 1. The molecule has 0 unspecified atom stereocenters. The Hall–Kier alpha value is -1.03. The Morgan fingerprint density at radius 3 is 1.11 bits per heavy atom. The quantitative estimate of drug-likeness (QED) is 0.168. The standard InChI is InChI=1S/C8F17NO.C6H16N.HI/c9-2(10,1(27)26(24)25)3(11,12)4(13,14)5(15,16)6(17,18)7(19,20)8(21,22)23;1-5-6-7(2,3)4;/h;5-6H2,1-4H3;1H/q;+1;/p-1. The van der Waals surface area contributed by atoms with Crippen LogP contribution in [0.4, 0.5) is 74.8 Å². The maximum atomic E-state index is 12.9. The fourth-order valence-electron chi connectivity index (χ4n) is 1.88. The third-order valence-corrected chi connectivity index (χ3v) is 3.64. The molecule has 0 radical (unpaired) electrons. The van der Waals surface area contributed by atoms with E-state index in [1.807, 2.05) is 0 Å². The molecule has 214 valence electrons. The van der Waals surface area contributed by atoms with Gasteiger partial charge in [-0.15, -0.1) is 0 Å². The van der Waals surface area contributed by atoms with Crippen LogP contribution in [-0.2, 0) is 4.79 Å². The molecule has 35 heavy (non-hydrogen) atoms. The number of hydrogen-bond donors (Lipinski definition) is 0. The number of carbonyl (C=O) groups is 1. The predicted molar refractivity (Wildman–Crippen MR) is 78.0 cm³/mol. The van der Waals surface area contributed by atoms with Gasteiger partial charge in [-0.2, -0.15) is 65.9 Å². The van der Waals surface area contributed by atoms with Crippen molar-refractivity contribution < 1.29 is 108 Å². The second kappa shape index (κ2) is 11.2. The zero-order chi connectivity index (χ0) is 28.6. The van der Waals surface area contributed by atoms with Crippen LogP contribution in [0, 0.1) is 0 Å². The Morgan fingerprint density at radius 2 is 0.914 bits per heavy atom. The van der Waals surface area contributed by atoms with Gasteiger partial charge in [-0.05, 0) is 6.42 Å². The van der Waals surface area contributed by atoms with Gasteiger partial charge in [0.1, 0.15) is 0 Å². The fraction of sp³-hybridized carbons (Fsp3) is 0.929. The Kier molecular flexibility index (Phi) is 12.3. The van der Waals surface area contributed by atoms with E-state index in [2.05, 4.69) is 28.1 Å². The van der Waals surface area contributed by atoms with Crippen LogP contribution >= 0.6 is 0 Å². The molecule has 1 amide bonds. The summed E-state index contributed by atoms with van der Waals surface area (Å²) in [6.07, 6.45) is -6.50. The SMILES string of the molecule is CCC[N+](C)(C)C.O=C(N(F)F)C(F)(F)C(F)(F)C(F)(F)C(F)(F)C(F)(F)C(F)(F)C(F)(F)F.[I-]. The van der Waals surface area contributed by atoms with E-state index >= 15 is 0 Å². The molecule has 0 atom stereocenters. The molecule has 0 aliphatic rings. The molecule has 0 aromatic carbocycles. The number of nitrogens with zero attached hydrogens (tertiary/aromatic N) is 2. The van der Waals surface area contributed by atoms with Crippen molar-refractivity contribution in [2.45, 2.75) is 55.1 Å². The van der Waals surface area contributed by atoms with Gasteiger partial charge in [-0.25, -0.2) is 0 Å². The van der Waals surface area contributed by atoms with Crippen molar-refractivity contribution in [2.75, 3.05) is 27.7 Å². The second-order valence-corrected chi connectivity index (χ2v) is 7.50. The minimum atomic E-state index is -8.64. The van der Waals surface area contributed by atoms with Gasteiger partial charge >= 0.3 is 47.6 Å². The zero-order valence-electron chi connectivity index (χ0n) is 17.5. The molecule has 0 aliphatic heterocycles. The molecule has 0 fully saturated rings. The highest BCUT2D eigenvalue weighted by Gasteiger charge is 2.94. The molecule has 3 nitrogen and oxygen atoms in total. The van der Waals surface area contributed by atoms with Crippen LogP contribution in [-0.4, -0.2) is 85.1 Å². The molecule has 0 spiro atoms. The summed E-state index contributed by atoms with van der Waals surface area (Å²) in [5.74, 6) is -54.5. The van der Waals surface area contributed by atoms with Gasteiger partial charge in [0.2, 0.25) is 0 Å². The van der Waals surface area contributed by atoms with Crippen LogP contribution in [0.25, 0.3) is 0 Å². The molecule has 21 heteroatoms. The van der Waals surface area contributed by atoms with Gasteiger partial charge < -0.3 is 28.5 Å². The Labute approximate surface area is 202 Å². The molecule has 0 aromatic heterocycles. The molecule has 0 rings (SSSR count). The van der Waals surface area contributed by atoms with E-state index in [1.165, 1.54) is 13.0 Å². The van der Waals surface area contributed by atoms with Gasteiger partial charge in [0.15, 0.2) is 0 Å². The molecule has 0 saturated carbocycles. The molecular weight excluding hydrogens is 662 g/mol. The third-order valence-electron chi connectivity index (χ3n) is 3.64. The first-order chi connectivity index (χ1) is 14.4. The van der Waals surface area contributed by atoms with Crippen molar-refractivity contribution in [3.05, 3.63) is 0 Å². The Balaban J connectivity index is -0.00000111. The normalized spacial score (nSPS) is 14.5. The van der Waals surface area contributed by atoms with Gasteiger partial charge in [-0.3, -0.25) is 4.79 Å². The van der Waals surface area contributed by atoms with E-state index in [0.717, 1.165) is 4.48 Å². The van der Waals surface area contributed by atoms with Gasteiger partial charge in [-0.1, -0.05) is 15.9 Å². The van der Waals surface area contributed by atoms with E-state index in [-0.39, 0.29) is 24.0 Å². The van der Waals surface area contributed by atoms with Crippen molar-refractivity contribution >= 4 is 5.91 Å². The summed E-state index contributed by atoms with van der Waals surface area (Å²) in [6.45, 7) is 3.49. The minimum absolute atomic E-state index is 0. The molecule has 0 bridgehead atoms. The highest BCUT2D eigenvalue weighted by Crippen LogP contribution is 2.62. The van der Waals surface area contributed by atoms with Crippen LogP contribution < -0.4 is 24.0 Å². The average Bonchev–Trinajstić information content (AvgIpc) is 2.58. The second-order valence-electron chi connectivity index (χ2n) is 7.50. The molecule has 0 aliphatic carbocycles. The lowest BCUT2D eigenvalue weighted by molar-refractivity contribution is -0.870. The van der Waals surface area contributed by atoms with E-state index < -0.39 is 53.0 Å². The molecule has 0 saturated heterocycles. The van der Waals surface area contributed by atoms with Crippen molar-refractivity contribution in [3.8, 4) is 0 Å². The van der Waals surface area contributed by atoms with Crippen LogP contribution in [0.15, 0.2) is 0 Å². The maximum Gasteiger partial charge on any atom is 0.460 e. The maximum absolute atomic E-state index is 12.9. The fourth-order valence-corrected chi connectivity index (χ4v) is 1.88. The first-order valence-corrected chi connectivity index (χ1v) is 8.22. The van der Waals surface area contributed by atoms with Gasteiger partial charge in [0, 0.05) is 5.34 Å². The largest absolute Gasteiger partial charge is 1.00 e. The van der Waals surface area contributed by atoms with E-state index in [0.29, 0.717) is 0 Å². The predicted octanol–water partition coefficient (Wildman–Crippen LogP) is 3.06. The van der Waals surface area contributed by atoms with E-state index in [9.17, 15) is 79.6 Å². The van der Waals surface area contributed by atoms with Gasteiger partial charge in [0.05, 0.1) is 27.7 Å². The first kappa shape index (κ1) is 38.5. The number of rotatable bonds is 8. The summed E-state index contributed by atoms with van der Waals surface area (Å²) >= 11 is 0. The van der Waals surface area contributed by atoms with Crippen molar-refractivity contribution in [1.29, 1.82) is 0 Å². The van der Waals surface area contributed by atoms with E-state index in [4.69, 9.17) is 0 Å². The summed E-state index contributed by atoms with van der Waals surface area (Å²) in [4.78, 5) is 10.0. The van der Waals surface area contributed by atoms with Crippen LogP contribution in [0.5, 0.6) is 0 Å². The summed E-state index contributed by atoms with van der Waals surface area (Å²) in [5, 5.41) is -3.58. The van der Waals surface area contributed by atoms with E-state index in [1.54, 1.807) is 0 Å². The van der Waals surface area contributed by atoms with Crippen molar-refractivity contribution in [1.82, 2.24) is 5.34 Å². The molecule has 0 N–H and O–H groups in total. The van der Waals surface area contributed by atoms with Crippen molar-refractivity contribution in [2.24, 2.45) is 0 Å². The topological polar surface area (TPSA) is 20.3 Å². The average molecular weight is 678 g/mol. The monoisotopic (exact) mass is 678 g/mol. The van der Waals surface area contributed by atoms with Crippen LogP contribution in [0.2, 0.25) is 0 Å². The number of carbonyl (C=O) groups excluding carboxylic acids is 1. The Morgan fingerprint density at radius 1 is 0.629 bits per heavy atom. The third kappa shape index (κ3) is 7.05. The smallest absolute Gasteiger partial charge is 0.460 e. The lowest BCUT2D eigenvalue weighted by atomic mass is 9.91. The molecular formula is C14H16F17IN2O. The Bertz CT molecular complexity index is 700. The summed E-state index contributed by atoms with van der Waals surface area (Å²) in [5.41, 5.74) is 0. The highest BCUT2D eigenvalue weighted by atomic mass is 127. The zero-order valence-corrected chi connectivity index (χ0v) is 19.7. The summed E-state index contributed by atoms with van der Waals surface area (Å²) in [7, 11) is 6.64. The molecule has 0 aromatic rings. The lowest BCUT2D eigenvalue weighted by Gasteiger charge is -2.40. The number of amides is 1. The minimum Gasteiger partial charge on any atom is -1.00 e.